The molecule has 1 aromatic carbocycles. The van der Waals surface area contributed by atoms with E-state index in [9.17, 15) is 0 Å². The van der Waals surface area contributed by atoms with E-state index >= 15 is 0 Å². The normalized spacial score (nSPS) is 10.3. The molecule has 2 aromatic rings. The van der Waals surface area contributed by atoms with Crippen molar-refractivity contribution in [1.82, 2.24) is 9.78 Å². The average molecular weight is 265 g/mol. The van der Waals surface area contributed by atoms with Crippen molar-refractivity contribution in [2.75, 3.05) is 0 Å². The van der Waals surface area contributed by atoms with Crippen LogP contribution in [-0.4, -0.2) is 15.6 Å². The van der Waals surface area contributed by atoms with Gasteiger partial charge in [-0.25, -0.2) is 0 Å². The van der Waals surface area contributed by atoms with Gasteiger partial charge in [0.2, 0.25) is 0 Å². The first-order valence-electron chi connectivity index (χ1n) is 5.44. The van der Waals surface area contributed by atoms with E-state index in [1.54, 1.807) is 35.3 Å². The fraction of sp³-hybridized carbons (Fsp3) is 0.167. The van der Waals surface area contributed by atoms with Gasteiger partial charge in [0.1, 0.15) is 11.6 Å². The van der Waals surface area contributed by atoms with Crippen molar-refractivity contribution >= 4 is 17.4 Å². The molecule has 0 atom stereocenters. The fourth-order valence-corrected chi connectivity index (χ4v) is 1.67. The minimum atomic E-state index is -0.0876. The van der Waals surface area contributed by atoms with Crippen LogP contribution in [0, 0.1) is 5.41 Å². The summed E-state index contributed by atoms with van der Waals surface area (Å²) in [5.74, 6) is 1.000. The van der Waals surface area contributed by atoms with E-state index in [0.717, 1.165) is 6.54 Å². The highest BCUT2D eigenvalue weighted by atomic mass is 35.5. The molecule has 0 aliphatic heterocycles. The van der Waals surface area contributed by atoms with Gasteiger partial charge in [-0.1, -0.05) is 11.6 Å². The second kappa shape index (κ2) is 5.10. The highest BCUT2D eigenvalue weighted by Crippen LogP contribution is 2.27. The number of nitrogens with one attached hydrogen (secondary N) is 1. The van der Waals surface area contributed by atoms with Crippen LogP contribution in [0.15, 0.2) is 30.6 Å². The molecule has 5 nitrogen and oxygen atoms in total. The van der Waals surface area contributed by atoms with Gasteiger partial charge in [-0.15, -0.1) is 0 Å². The number of nitrogens with zero attached hydrogens (tertiary/aromatic N) is 2. The van der Waals surface area contributed by atoms with E-state index < -0.39 is 0 Å². The smallest absolute Gasteiger partial charge is 0.165 e. The third kappa shape index (κ3) is 2.62. The Morgan fingerprint density at radius 3 is 2.94 bits per heavy atom. The zero-order valence-corrected chi connectivity index (χ0v) is 10.6. The lowest BCUT2D eigenvalue weighted by molar-refractivity contribution is 0.480. The molecule has 0 saturated heterocycles. The number of amidine groups is 1. The summed E-state index contributed by atoms with van der Waals surface area (Å²) < 4.78 is 7.39. The number of aryl methyl sites for hydroxylation is 1. The van der Waals surface area contributed by atoms with E-state index in [1.807, 2.05) is 6.92 Å². The van der Waals surface area contributed by atoms with Gasteiger partial charge in [-0.2, -0.15) is 5.10 Å². The third-order valence-corrected chi connectivity index (χ3v) is 2.63. The summed E-state index contributed by atoms with van der Waals surface area (Å²) in [5.41, 5.74) is 5.96. The molecule has 1 heterocycles. The first kappa shape index (κ1) is 12.4. The van der Waals surface area contributed by atoms with Gasteiger partial charge in [0, 0.05) is 11.6 Å². The summed E-state index contributed by atoms with van der Waals surface area (Å²) >= 11 is 5.87. The topological polar surface area (TPSA) is 76.9 Å². The minimum Gasteiger partial charge on any atom is -0.453 e. The first-order valence-corrected chi connectivity index (χ1v) is 5.82. The molecular weight excluding hydrogens is 252 g/mol. The van der Waals surface area contributed by atoms with Gasteiger partial charge in [-0.3, -0.25) is 10.1 Å². The van der Waals surface area contributed by atoms with E-state index in [1.165, 1.54) is 0 Å². The molecule has 0 unspecified atom stereocenters. The zero-order valence-electron chi connectivity index (χ0n) is 9.85. The van der Waals surface area contributed by atoms with Crippen LogP contribution in [0.1, 0.15) is 12.5 Å². The maximum Gasteiger partial charge on any atom is 0.165 e. The van der Waals surface area contributed by atoms with Gasteiger partial charge >= 0.3 is 0 Å². The van der Waals surface area contributed by atoms with Crippen molar-refractivity contribution in [2.45, 2.75) is 13.5 Å². The van der Waals surface area contributed by atoms with Crippen molar-refractivity contribution < 1.29 is 4.74 Å². The summed E-state index contributed by atoms with van der Waals surface area (Å²) in [6.07, 6.45) is 3.39. The van der Waals surface area contributed by atoms with Gasteiger partial charge in [-0.05, 0) is 25.1 Å². The number of aromatic nitrogens is 2. The predicted molar refractivity (Wildman–Crippen MR) is 70.4 cm³/mol. The molecule has 2 rings (SSSR count). The second-order valence-corrected chi connectivity index (χ2v) is 4.12. The number of benzene rings is 1. The third-order valence-electron chi connectivity index (χ3n) is 2.39. The SMILES string of the molecule is CCn1cc(Oc2ccc(Cl)cc2C(=N)N)cn1. The van der Waals surface area contributed by atoms with Crippen molar-refractivity contribution in [2.24, 2.45) is 5.73 Å². The van der Waals surface area contributed by atoms with Gasteiger partial charge in [0.15, 0.2) is 5.75 Å². The van der Waals surface area contributed by atoms with Gasteiger partial charge in [0.25, 0.3) is 0 Å². The van der Waals surface area contributed by atoms with Crippen LogP contribution in [-0.2, 0) is 6.54 Å². The molecule has 18 heavy (non-hydrogen) atoms. The molecule has 94 valence electrons. The zero-order chi connectivity index (χ0) is 13.1. The number of nitrogen functional groups attached to an aromatic ring is 1. The maximum absolute atomic E-state index is 7.50. The molecule has 0 saturated carbocycles. The molecule has 0 spiro atoms. The largest absolute Gasteiger partial charge is 0.453 e. The molecule has 0 aliphatic rings. The highest BCUT2D eigenvalue weighted by molar-refractivity contribution is 6.31. The van der Waals surface area contributed by atoms with Crippen LogP contribution >= 0.6 is 11.6 Å². The Kier molecular flexibility index (Phi) is 3.53. The van der Waals surface area contributed by atoms with E-state index in [0.29, 0.717) is 22.1 Å². The molecule has 1 aromatic heterocycles. The minimum absolute atomic E-state index is 0.0876. The predicted octanol–water partition coefficient (Wildman–Crippen LogP) is 2.63. The lowest BCUT2D eigenvalue weighted by atomic mass is 10.2. The van der Waals surface area contributed by atoms with Crippen molar-refractivity contribution in [3.63, 3.8) is 0 Å². The number of ether oxygens (including phenoxy) is 1. The quantitative estimate of drug-likeness (QED) is 0.658. The summed E-state index contributed by atoms with van der Waals surface area (Å²) in [6.45, 7) is 2.75. The Hall–Kier alpha value is -2.01. The van der Waals surface area contributed by atoms with Gasteiger partial charge < -0.3 is 10.5 Å². The standard InChI is InChI=1S/C12H13ClN4O/c1-2-17-7-9(6-16-17)18-11-4-3-8(13)5-10(11)12(14)15/h3-7H,2H2,1H3,(H3,14,15). The van der Waals surface area contributed by atoms with Crippen molar-refractivity contribution in [1.29, 1.82) is 5.41 Å². The van der Waals surface area contributed by atoms with Gasteiger partial charge in [0.05, 0.1) is 18.0 Å². The Morgan fingerprint density at radius 2 is 2.33 bits per heavy atom. The lowest BCUT2D eigenvalue weighted by Gasteiger charge is -2.08. The Balaban J connectivity index is 2.30. The Bertz CT molecular complexity index is 579. The van der Waals surface area contributed by atoms with E-state index in [-0.39, 0.29) is 5.84 Å². The monoisotopic (exact) mass is 264 g/mol. The lowest BCUT2D eigenvalue weighted by Crippen LogP contribution is -2.12. The van der Waals surface area contributed by atoms with E-state index in [4.69, 9.17) is 27.5 Å². The number of halogens is 1. The van der Waals surface area contributed by atoms with Crippen LogP contribution in [0.5, 0.6) is 11.5 Å². The van der Waals surface area contributed by atoms with Crippen LogP contribution in [0.2, 0.25) is 5.02 Å². The second-order valence-electron chi connectivity index (χ2n) is 3.69. The summed E-state index contributed by atoms with van der Waals surface area (Å²) in [5, 5.41) is 12.1. The number of nitrogens with two attached hydrogens (primary N) is 1. The molecule has 0 aliphatic carbocycles. The van der Waals surface area contributed by atoms with Crippen LogP contribution in [0.4, 0.5) is 0 Å². The molecular formula is C12H13ClN4O. The molecule has 3 N–H and O–H groups in total. The molecule has 0 radical (unpaired) electrons. The summed E-state index contributed by atoms with van der Waals surface area (Å²) in [4.78, 5) is 0. The molecule has 6 heteroatoms. The molecule has 0 amide bonds. The highest BCUT2D eigenvalue weighted by Gasteiger charge is 2.09. The average Bonchev–Trinajstić information content (AvgIpc) is 2.79. The van der Waals surface area contributed by atoms with Crippen LogP contribution in [0.25, 0.3) is 0 Å². The molecule has 0 fully saturated rings. The summed E-state index contributed by atoms with van der Waals surface area (Å²) in [7, 11) is 0. The van der Waals surface area contributed by atoms with Crippen LogP contribution in [0.3, 0.4) is 0 Å². The fourth-order valence-electron chi connectivity index (χ4n) is 1.50. The summed E-state index contributed by atoms with van der Waals surface area (Å²) in [6, 6.07) is 4.97. The van der Waals surface area contributed by atoms with Crippen LogP contribution < -0.4 is 10.5 Å². The Morgan fingerprint density at radius 1 is 1.56 bits per heavy atom. The number of hydrogen-bond acceptors (Lipinski definition) is 3. The van der Waals surface area contributed by atoms with E-state index in [2.05, 4.69) is 5.10 Å². The number of hydrogen-bond donors (Lipinski definition) is 2. The maximum atomic E-state index is 7.50. The van der Waals surface area contributed by atoms with Crippen molar-refractivity contribution in [3.05, 3.63) is 41.2 Å². The number of rotatable bonds is 4. The van der Waals surface area contributed by atoms with Crippen molar-refractivity contribution in [3.8, 4) is 11.5 Å². The Labute approximate surface area is 110 Å². The first-order chi connectivity index (χ1) is 8.60. The molecule has 0 bridgehead atoms.